The molecule has 5 heteroatoms. The number of benzene rings is 1. The van der Waals surface area contributed by atoms with Crippen molar-refractivity contribution in [2.45, 2.75) is 39.3 Å². The van der Waals surface area contributed by atoms with Gasteiger partial charge in [0, 0.05) is 7.05 Å². The number of rotatable bonds is 7. The summed E-state index contributed by atoms with van der Waals surface area (Å²) in [5.74, 6) is 0. The molecule has 0 spiro atoms. The Morgan fingerprint density at radius 1 is 1.24 bits per heavy atom. The molecule has 1 unspecified atom stereocenters. The van der Waals surface area contributed by atoms with Gasteiger partial charge >= 0.3 is 5.69 Å². The molecule has 0 amide bonds. The van der Waals surface area contributed by atoms with Crippen LogP contribution in [0.5, 0.6) is 0 Å². The van der Waals surface area contributed by atoms with Crippen molar-refractivity contribution < 1.29 is 0 Å². The highest BCUT2D eigenvalue weighted by Crippen LogP contribution is 2.16. The molecule has 1 heterocycles. The first kappa shape index (κ1) is 15.5. The molecule has 2 rings (SSSR count). The van der Waals surface area contributed by atoms with E-state index in [4.69, 9.17) is 0 Å². The Morgan fingerprint density at radius 3 is 2.48 bits per heavy atom. The largest absolute Gasteiger partial charge is 0.345 e. The molecule has 1 atom stereocenters. The molecular weight excluding hydrogens is 264 g/mol. The lowest BCUT2D eigenvalue weighted by Gasteiger charge is -2.18. The Bertz CT molecular complexity index is 612. The Kier molecular flexibility index (Phi) is 5.33. The minimum absolute atomic E-state index is 0.0829. The van der Waals surface area contributed by atoms with Gasteiger partial charge in [0.15, 0.2) is 0 Å². The molecule has 0 saturated carbocycles. The van der Waals surface area contributed by atoms with Crippen molar-refractivity contribution in [1.29, 1.82) is 0 Å². The van der Waals surface area contributed by atoms with E-state index < -0.39 is 0 Å². The molecule has 0 radical (unpaired) electrons. The molecule has 0 saturated heterocycles. The monoisotopic (exact) mass is 288 g/mol. The molecule has 0 aliphatic rings. The highest BCUT2D eigenvalue weighted by Gasteiger charge is 2.13. The summed E-state index contributed by atoms with van der Waals surface area (Å²) < 4.78 is 3.00. The minimum Gasteiger partial charge on any atom is -0.309 e. The van der Waals surface area contributed by atoms with Gasteiger partial charge in [0.05, 0.1) is 12.6 Å². The van der Waals surface area contributed by atoms with Gasteiger partial charge in [-0.2, -0.15) is 5.10 Å². The molecule has 21 heavy (non-hydrogen) atoms. The summed E-state index contributed by atoms with van der Waals surface area (Å²) in [4.78, 5) is 11.9. The Morgan fingerprint density at radius 2 is 1.95 bits per heavy atom. The van der Waals surface area contributed by atoms with Crippen LogP contribution in [-0.4, -0.2) is 20.9 Å². The van der Waals surface area contributed by atoms with Crippen LogP contribution in [0.1, 0.15) is 37.4 Å². The molecule has 1 N–H and O–H groups in total. The van der Waals surface area contributed by atoms with Crippen molar-refractivity contribution in [2.75, 3.05) is 6.54 Å². The maximum absolute atomic E-state index is 11.9. The normalized spacial score (nSPS) is 12.5. The summed E-state index contributed by atoms with van der Waals surface area (Å²) in [6, 6.07) is 8.73. The first-order valence-corrected chi connectivity index (χ1v) is 7.56. The summed E-state index contributed by atoms with van der Waals surface area (Å²) >= 11 is 0. The lowest BCUT2D eigenvalue weighted by atomic mass is 10.0. The predicted molar refractivity (Wildman–Crippen MR) is 84.3 cm³/mol. The van der Waals surface area contributed by atoms with Crippen LogP contribution in [0, 0.1) is 0 Å². The van der Waals surface area contributed by atoms with Crippen LogP contribution in [0.3, 0.4) is 0 Å². The molecule has 0 aliphatic carbocycles. The molecule has 2 aromatic rings. The second-order valence-electron chi connectivity index (χ2n) is 5.31. The molecule has 0 fully saturated rings. The third kappa shape index (κ3) is 3.82. The number of nitrogens with zero attached hydrogens (tertiary/aromatic N) is 3. The Labute approximate surface area is 125 Å². The quantitative estimate of drug-likeness (QED) is 0.846. The van der Waals surface area contributed by atoms with Gasteiger partial charge in [-0.1, -0.05) is 44.5 Å². The number of hydrogen-bond donors (Lipinski definition) is 1. The maximum Gasteiger partial charge on any atom is 0.345 e. The molecule has 0 aliphatic heterocycles. The minimum atomic E-state index is -0.0829. The number of likely N-dealkylation sites (N-methyl/N-ethyl adjacent to an activating group) is 1. The maximum atomic E-state index is 11.9. The van der Waals surface area contributed by atoms with Gasteiger partial charge in [-0.15, -0.1) is 0 Å². The zero-order valence-corrected chi connectivity index (χ0v) is 13.0. The van der Waals surface area contributed by atoms with Gasteiger partial charge in [0.1, 0.15) is 6.33 Å². The van der Waals surface area contributed by atoms with Crippen molar-refractivity contribution in [1.82, 2.24) is 19.7 Å². The van der Waals surface area contributed by atoms with Crippen LogP contribution in [0.2, 0.25) is 0 Å². The van der Waals surface area contributed by atoms with Gasteiger partial charge in [0.2, 0.25) is 0 Å². The molecule has 1 aromatic carbocycles. The van der Waals surface area contributed by atoms with Crippen LogP contribution in [0.4, 0.5) is 0 Å². The highest BCUT2D eigenvalue weighted by atomic mass is 16.2. The average molecular weight is 288 g/mol. The van der Waals surface area contributed by atoms with Crippen molar-refractivity contribution in [3.05, 3.63) is 52.2 Å². The van der Waals surface area contributed by atoms with Gasteiger partial charge in [-0.3, -0.25) is 4.57 Å². The fraction of sp³-hybridized carbons (Fsp3) is 0.500. The topological polar surface area (TPSA) is 51.9 Å². The van der Waals surface area contributed by atoms with E-state index in [0.29, 0.717) is 6.54 Å². The summed E-state index contributed by atoms with van der Waals surface area (Å²) in [6.45, 7) is 5.64. The number of aromatic nitrogens is 3. The molecule has 114 valence electrons. The van der Waals surface area contributed by atoms with E-state index in [9.17, 15) is 4.79 Å². The standard InChI is InChI=1S/C16H24N4O/c1-4-6-13-7-9-14(10-8-13)15(17-5-2)11-20-16(21)19(3)12-18-20/h7-10,12,15,17H,4-6,11H2,1-3H3. The van der Waals surface area contributed by atoms with Gasteiger partial charge < -0.3 is 5.32 Å². The molecule has 0 bridgehead atoms. The number of nitrogens with one attached hydrogen (secondary N) is 1. The zero-order valence-electron chi connectivity index (χ0n) is 13.0. The third-order valence-electron chi connectivity index (χ3n) is 3.61. The van der Waals surface area contributed by atoms with Crippen molar-refractivity contribution in [3.63, 3.8) is 0 Å². The van der Waals surface area contributed by atoms with Gasteiger partial charge in [-0.25, -0.2) is 9.48 Å². The average Bonchev–Trinajstić information content (AvgIpc) is 2.80. The zero-order chi connectivity index (χ0) is 15.2. The second-order valence-corrected chi connectivity index (χ2v) is 5.31. The smallest absolute Gasteiger partial charge is 0.309 e. The van der Waals surface area contributed by atoms with Crippen LogP contribution in [0.15, 0.2) is 35.4 Å². The highest BCUT2D eigenvalue weighted by molar-refractivity contribution is 5.25. The number of aryl methyl sites for hydroxylation is 2. The van der Waals surface area contributed by atoms with E-state index in [-0.39, 0.29) is 11.7 Å². The van der Waals surface area contributed by atoms with E-state index in [1.807, 2.05) is 0 Å². The SMILES string of the molecule is CCCc1ccc(C(Cn2ncn(C)c2=O)NCC)cc1. The first-order chi connectivity index (χ1) is 10.2. The van der Waals surface area contributed by atoms with Crippen molar-refractivity contribution >= 4 is 0 Å². The van der Waals surface area contributed by atoms with Gasteiger partial charge in [-0.05, 0) is 24.1 Å². The van der Waals surface area contributed by atoms with Crippen LogP contribution < -0.4 is 11.0 Å². The summed E-state index contributed by atoms with van der Waals surface area (Å²) in [5.41, 5.74) is 2.46. The summed E-state index contributed by atoms with van der Waals surface area (Å²) in [7, 11) is 1.72. The summed E-state index contributed by atoms with van der Waals surface area (Å²) in [6.07, 6.45) is 3.81. The number of hydrogen-bond acceptors (Lipinski definition) is 3. The van der Waals surface area contributed by atoms with Crippen LogP contribution in [-0.2, 0) is 20.0 Å². The third-order valence-corrected chi connectivity index (χ3v) is 3.61. The van der Waals surface area contributed by atoms with E-state index in [0.717, 1.165) is 19.4 Å². The van der Waals surface area contributed by atoms with Crippen LogP contribution >= 0.6 is 0 Å². The second kappa shape index (κ2) is 7.22. The molecular formula is C16H24N4O. The van der Waals surface area contributed by atoms with E-state index in [1.54, 1.807) is 13.4 Å². The lowest BCUT2D eigenvalue weighted by Crippen LogP contribution is -2.31. The fourth-order valence-corrected chi connectivity index (χ4v) is 2.46. The predicted octanol–water partition coefficient (Wildman–Crippen LogP) is 1.89. The Balaban J connectivity index is 2.18. The van der Waals surface area contributed by atoms with Crippen LogP contribution in [0.25, 0.3) is 0 Å². The molecule has 1 aromatic heterocycles. The summed E-state index contributed by atoms with van der Waals surface area (Å²) in [5, 5.41) is 7.56. The fourth-order valence-electron chi connectivity index (χ4n) is 2.46. The first-order valence-electron chi connectivity index (χ1n) is 7.56. The van der Waals surface area contributed by atoms with Gasteiger partial charge in [0.25, 0.3) is 0 Å². The van der Waals surface area contributed by atoms with E-state index in [1.165, 1.54) is 20.4 Å². The molecule has 5 nitrogen and oxygen atoms in total. The lowest BCUT2D eigenvalue weighted by molar-refractivity contribution is 0.437. The van der Waals surface area contributed by atoms with E-state index >= 15 is 0 Å². The van der Waals surface area contributed by atoms with E-state index in [2.05, 4.69) is 48.5 Å². The van der Waals surface area contributed by atoms with Crippen molar-refractivity contribution in [3.8, 4) is 0 Å². The van der Waals surface area contributed by atoms with Crippen molar-refractivity contribution in [2.24, 2.45) is 7.05 Å². The Hall–Kier alpha value is -1.88.